The third kappa shape index (κ3) is 2.49. The first-order chi connectivity index (χ1) is 8.09. The predicted octanol–water partition coefficient (Wildman–Crippen LogP) is 1.55. The van der Waals surface area contributed by atoms with Crippen LogP contribution in [0.3, 0.4) is 0 Å². The van der Waals surface area contributed by atoms with Gasteiger partial charge in [-0.25, -0.2) is 0 Å². The highest BCUT2D eigenvalue weighted by Crippen LogP contribution is 2.24. The van der Waals surface area contributed by atoms with Crippen molar-refractivity contribution < 1.29 is 9.90 Å². The summed E-state index contributed by atoms with van der Waals surface area (Å²) in [5.74, 6) is 1.88. The van der Waals surface area contributed by atoms with Crippen LogP contribution in [0.15, 0.2) is 18.2 Å². The van der Waals surface area contributed by atoms with Crippen LogP contribution < -0.4 is 5.73 Å². The number of nitrogens with zero attached hydrogens (tertiary/aromatic N) is 1. The molecule has 5 heteroatoms. The van der Waals surface area contributed by atoms with E-state index in [0.29, 0.717) is 11.3 Å². The van der Waals surface area contributed by atoms with E-state index in [4.69, 9.17) is 5.73 Å². The molecule has 1 saturated heterocycles. The Labute approximate surface area is 105 Å². The molecule has 0 aliphatic carbocycles. The van der Waals surface area contributed by atoms with Crippen molar-refractivity contribution in [3.63, 3.8) is 0 Å². The molecule has 1 aromatic rings. The van der Waals surface area contributed by atoms with Gasteiger partial charge in [0.25, 0.3) is 5.91 Å². The second-order valence-corrected chi connectivity index (χ2v) is 5.34. The van der Waals surface area contributed by atoms with Crippen LogP contribution in [0.25, 0.3) is 0 Å². The number of amides is 1. The maximum absolute atomic E-state index is 12.3. The number of aromatic hydroxyl groups is 1. The molecule has 0 saturated carbocycles. The van der Waals surface area contributed by atoms with Crippen molar-refractivity contribution in [2.45, 2.75) is 13.0 Å². The van der Waals surface area contributed by atoms with Crippen molar-refractivity contribution in [3.8, 4) is 5.75 Å². The number of carbonyl (C=O) groups is 1. The summed E-state index contributed by atoms with van der Waals surface area (Å²) in [5.41, 5.74) is 6.59. The molecule has 3 N–H and O–H groups in total. The van der Waals surface area contributed by atoms with Gasteiger partial charge in [-0.15, -0.1) is 0 Å². The van der Waals surface area contributed by atoms with E-state index in [2.05, 4.69) is 0 Å². The zero-order valence-corrected chi connectivity index (χ0v) is 10.5. The largest absolute Gasteiger partial charge is 0.508 e. The van der Waals surface area contributed by atoms with Crippen LogP contribution in [0.5, 0.6) is 5.75 Å². The lowest BCUT2D eigenvalue weighted by Gasteiger charge is -2.33. The van der Waals surface area contributed by atoms with Crippen molar-refractivity contribution in [1.29, 1.82) is 0 Å². The maximum atomic E-state index is 12.3. The fourth-order valence-corrected chi connectivity index (χ4v) is 2.93. The molecule has 1 unspecified atom stereocenters. The number of hydrogen-bond donors (Lipinski definition) is 2. The third-order valence-corrected chi connectivity index (χ3v) is 4.09. The van der Waals surface area contributed by atoms with Crippen molar-refractivity contribution >= 4 is 23.4 Å². The first kappa shape index (κ1) is 12.1. The normalized spacial score (nSPS) is 20.3. The number of hydrogen-bond acceptors (Lipinski definition) is 4. The van der Waals surface area contributed by atoms with Gasteiger partial charge in [-0.05, 0) is 25.1 Å². The Morgan fingerprint density at radius 3 is 3.06 bits per heavy atom. The standard InChI is InChI=1S/C12H16N2O2S/c1-8-7-17-5-4-14(8)12(16)10-6-9(15)2-3-11(10)13/h2-3,6,8,15H,4-5,7,13H2,1H3. The van der Waals surface area contributed by atoms with Crippen molar-refractivity contribution in [3.05, 3.63) is 23.8 Å². The van der Waals surface area contributed by atoms with Crippen LogP contribution >= 0.6 is 11.8 Å². The highest BCUT2D eigenvalue weighted by atomic mass is 32.2. The third-order valence-electron chi connectivity index (χ3n) is 2.90. The van der Waals surface area contributed by atoms with Crippen LogP contribution in [0.4, 0.5) is 5.69 Å². The van der Waals surface area contributed by atoms with Crippen LogP contribution in [0, 0.1) is 0 Å². The first-order valence-corrected chi connectivity index (χ1v) is 6.72. The van der Waals surface area contributed by atoms with Crippen molar-refractivity contribution in [2.24, 2.45) is 0 Å². The lowest BCUT2D eigenvalue weighted by Crippen LogP contribution is -2.44. The second-order valence-electron chi connectivity index (χ2n) is 4.19. The highest BCUT2D eigenvalue weighted by molar-refractivity contribution is 7.99. The van der Waals surface area contributed by atoms with Crippen molar-refractivity contribution in [1.82, 2.24) is 4.90 Å². The SMILES string of the molecule is CC1CSCCN1C(=O)c1cc(O)ccc1N. The van der Waals surface area contributed by atoms with Gasteiger partial charge in [0.15, 0.2) is 0 Å². The minimum Gasteiger partial charge on any atom is -0.508 e. The van der Waals surface area contributed by atoms with E-state index >= 15 is 0 Å². The van der Waals surface area contributed by atoms with Gasteiger partial charge in [-0.1, -0.05) is 0 Å². The minimum atomic E-state index is -0.0915. The van der Waals surface area contributed by atoms with Gasteiger partial charge in [0.05, 0.1) is 5.56 Å². The Morgan fingerprint density at radius 1 is 1.59 bits per heavy atom. The Hall–Kier alpha value is -1.36. The molecule has 1 heterocycles. The number of anilines is 1. The van der Waals surface area contributed by atoms with E-state index in [0.717, 1.165) is 18.1 Å². The molecule has 1 atom stereocenters. The lowest BCUT2D eigenvalue weighted by atomic mass is 10.1. The second kappa shape index (κ2) is 4.87. The Morgan fingerprint density at radius 2 is 2.35 bits per heavy atom. The molecule has 1 amide bonds. The fourth-order valence-electron chi connectivity index (χ4n) is 1.91. The van der Waals surface area contributed by atoms with Gasteiger partial charge in [0.2, 0.25) is 0 Å². The van der Waals surface area contributed by atoms with Crippen LogP contribution in [-0.4, -0.2) is 40.0 Å². The van der Waals surface area contributed by atoms with E-state index in [1.165, 1.54) is 12.1 Å². The van der Waals surface area contributed by atoms with Gasteiger partial charge in [-0.3, -0.25) is 4.79 Å². The van der Waals surface area contributed by atoms with Crippen LogP contribution in [0.2, 0.25) is 0 Å². The Bertz CT molecular complexity index is 437. The summed E-state index contributed by atoms with van der Waals surface area (Å²) in [5, 5.41) is 9.42. The average molecular weight is 252 g/mol. The van der Waals surface area contributed by atoms with Crippen LogP contribution in [0.1, 0.15) is 17.3 Å². The number of carbonyl (C=O) groups excluding carboxylic acids is 1. The summed E-state index contributed by atoms with van der Waals surface area (Å²) < 4.78 is 0. The minimum absolute atomic E-state index is 0.0709. The molecule has 0 bridgehead atoms. The van der Waals surface area contributed by atoms with E-state index in [1.807, 2.05) is 23.6 Å². The molecule has 0 radical (unpaired) electrons. The lowest BCUT2D eigenvalue weighted by molar-refractivity contribution is 0.0716. The quantitative estimate of drug-likeness (QED) is 0.588. The molecular weight excluding hydrogens is 236 g/mol. The van der Waals surface area contributed by atoms with E-state index < -0.39 is 0 Å². The molecule has 1 aromatic carbocycles. The molecular formula is C12H16N2O2S. The van der Waals surface area contributed by atoms with E-state index in [9.17, 15) is 9.90 Å². The summed E-state index contributed by atoms with van der Waals surface area (Å²) in [7, 11) is 0. The van der Waals surface area contributed by atoms with Gasteiger partial charge in [0.1, 0.15) is 5.75 Å². The van der Waals surface area contributed by atoms with E-state index in [1.54, 1.807) is 6.07 Å². The molecule has 1 aliphatic heterocycles. The number of rotatable bonds is 1. The first-order valence-electron chi connectivity index (χ1n) is 5.57. The maximum Gasteiger partial charge on any atom is 0.256 e. The van der Waals surface area contributed by atoms with E-state index in [-0.39, 0.29) is 17.7 Å². The number of phenols is 1. The zero-order valence-electron chi connectivity index (χ0n) is 9.72. The number of nitrogens with two attached hydrogens (primary N) is 1. The number of nitrogen functional groups attached to an aromatic ring is 1. The number of benzene rings is 1. The zero-order chi connectivity index (χ0) is 12.4. The van der Waals surface area contributed by atoms with Crippen molar-refractivity contribution in [2.75, 3.05) is 23.8 Å². The highest BCUT2D eigenvalue weighted by Gasteiger charge is 2.25. The molecule has 92 valence electrons. The molecule has 17 heavy (non-hydrogen) atoms. The summed E-state index contributed by atoms with van der Waals surface area (Å²) in [4.78, 5) is 14.1. The number of thioether (sulfide) groups is 1. The fraction of sp³-hybridized carbons (Fsp3) is 0.417. The Balaban J connectivity index is 2.26. The summed E-state index contributed by atoms with van der Waals surface area (Å²) in [6.07, 6.45) is 0. The van der Waals surface area contributed by atoms with Crippen LogP contribution in [-0.2, 0) is 0 Å². The van der Waals surface area contributed by atoms with Gasteiger partial charge >= 0.3 is 0 Å². The molecule has 1 fully saturated rings. The smallest absolute Gasteiger partial charge is 0.256 e. The van der Waals surface area contributed by atoms with Gasteiger partial charge < -0.3 is 15.7 Å². The molecule has 2 rings (SSSR count). The predicted molar refractivity (Wildman–Crippen MR) is 70.3 cm³/mol. The molecule has 0 aromatic heterocycles. The van der Waals surface area contributed by atoms with Gasteiger partial charge in [-0.2, -0.15) is 11.8 Å². The summed E-state index contributed by atoms with van der Waals surface area (Å²) >= 11 is 1.85. The molecule has 0 spiro atoms. The summed E-state index contributed by atoms with van der Waals surface area (Å²) in [6.45, 7) is 2.77. The monoisotopic (exact) mass is 252 g/mol. The average Bonchev–Trinajstić information content (AvgIpc) is 2.32. The topological polar surface area (TPSA) is 66.6 Å². The Kier molecular flexibility index (Phi) is 3.47. The van der Waals surface area contributed by atoms with Gasteiger partial charge in [0, 0.05) is 29.8 Å². The summed E-state index contributed by atoms with van der Waals surface area (Å²) in [6, 6.07) is 4.70. The molecule has 4 nitrogen and oxygen atoms in total. The molecule has 1 aliphatic rings. The number of phenolic OH excluding ortho intramolecular Hbond substituents is 1.